The maximum absolute atomic E-state index is 13.0. The topological polar surface area (TPSA) is 225 Å². The van der Waals surface area contributed by atoms with Crippen LogP contribution < -0.4 is 31.9 Å². The second-order valence-electron chi connectivity index (χ2n) is 15.6. The number of piperazine rings is 2. The number of amides is 9. The Morgan fingerprint density at radius 1 is 0.656 bits per heavy atom. The zero-order valence-corrected chi connectivity index (χ0v) is 35.8. The molecule has 1 aromatic rings. The molecule has 0 radical (unpaired) electrons. The Kier molecular flexibility index (Phi) is 16.3. The summed E-state index contributed by atoms with van der Waals surface area (Å²) in [5.74, 6) is -0.565. The van der Waals surface area contributed by atoms with E-state index in [1.807, 2.05) is 11.8 Å². The summed E-state index contributed by atoms with van der Waals surface area (Å²) in [5, 5.41) is 18.2. The van der Waals surface area contributed by atoms with Crippen molar-refractivity contribution in [3.8, 4) is 0 Å². The van der Waals surface area contributed by atoms with Crippen molar-refractivity contribution >= 4 is 87.8 Å². The number of nitrogens with zero attached hydrogens (tertiary/aromatic N) is 5. The molecule has 21 heteroatoms. The third-order valence-electron chi connectivity index (χ3n) is 11.4. The number of carbonyl (C=O) groups excluding carboxylic acids is 8. The fraction of sp³-hybridized carbons (Fsp3) is 0.575. The molecule has 9 amide bonds. The van der Waals surface area contributed by atoms with E-state index in [1.54, 1.807) is 39.0 Å². The molecule has 4 fully saturated rings. The number of unbranched alkanes of at least 4 members (excludes halogenated alkanes) is 1. The molecule has 61 heavy (non-hydrogen) atoms. The normalized spacial score (nSPS) is 21.2. The van der Waals surface area contributed by atoms with E-state index in [1.165, 1.54) is 12.2 Å². The first-order valence-corrected chi connectivity index (χ1v) is 22.4. The molecule has 0 aromatic heterocycles. The van der Waals surface area contributed by atoms with Crippen LogP contribution >= 0.6 is 24.0 Å². The number of urea groups is 1. The molecule has 0 spiro atoms. The Hall–Kier alpha value is -5.28. The van der Waals surface area contributed by atoms with Gasteiger partial charge in [-0.05, 0) is 55.7 Å². The van der Waals surface area contributed by atoms with E-state index in [-0.39, 0.29) is 73.7 Å². The van der Waals surface area contributed by atoms with Crippen LogP contribution in [0.3, 0.4) is 0 Å². The summed E-state index contributed by atoms with van der Waals surface area (Å²) in [6.45, 7) is 4.50. The lowest BCUT2D eigenvalue weighted by Crippen LogP contribution is -2.53. The largest absolute Gasteiger partial charge is 0.353 e. The third-order valence-corrected chi connectivity index (χ3v) is 13.1. The summed E-state index contributed by atoms with van der Waals surface area (Å²) < 4.78 is 0. The van der Waals surface area contributed by atoms with Crippen LogP contribution in [0.1, 0.15) is 44.9 Å². The van der Waals surface area contributed by atoms with Crippen molar-refractivity contribution in [2.75, 3.05) is 94.9 Å². The van der Waals surface area contributed by atoms with Gasteiger partial charge in [0.25, 0.3) is 11.8 Å². The SMILES string of the molecule is O=C(CCCN1C(=O)C=CC1=O)NCC(=O)N1CCN(C(=O)CCN2CCN(C(=O)CNC(=S)Nc3ccc(NC(=O)CCCC[C@@H]4SCC5NC(=O)NC54)cc3)CC2)CC1. The fourth-order valence-corrected chi connectivity index (χ4v) is 9.57. The van der Waals surface area contributed by atoms with Gasteiger partial charge in [-0.2, -0.15) is 11.8 Å². The zero-order chi connectivity index (χ0) is 43.3. The number of fused-ring (bicyclic) bond motifs is 1. The Morgan fingerprint density at radius 3 is 1.89 bits per heavy atom. The molecule has 330 valence electrons. The molecule has 2 unspecified atom stereocenters. The number of thioether (sulfide) groups is 1. The number of thiocarbonyl (C=S) groups is 1. The van der Waals surface area contributed by atoms with E-state index < -0.39 is 11.8 Å². The number of hydrogen-bond acceptors (Lipinski definition) is 11. The number of hydrogen-bond donors (Lipinski definition) is 6. The van der Waals surface area contributed by atoms with Gasteiger partial charge in [0, 0.05) is 119 Å². The van der Waals surface area contributed by atoms with Gasteiger partial charge in [-0.3, -0.25) is 43.4 Å². The van der Waals surface area contributed by atoms with Crippen LogP contribution in [0.25, 0.3) is 0 Å². The van der Waals surface area contributed by atoms with Gasteiger partial charge in [-0.15, -0.1) is 0 Å². The molecule has 0 saturated carbocycles. The number of rotatable bonds is 18. The predicted octanol–water partition coefficient (Wildman–Crippen LogP) is -0.336. The van der Waals surface area contributed by atoms with Crippen molar-refractivity contribution in [1.29, 1.82) is 0 Å². The standard InChI is InChI=1S/C40H55N11O8S2/c52-31(6-3-14-51-34(55)11-12-35(51)56)41-24-36(57)50-22-20-48(21-23-50)33(54)13-15-47-16-18-49(19-17-47)37(58)25-42-40(60)44-28-9-7-27(8-10-28)43-32(53)5-2-1-4-30-38-29(26-61-30)45-39(59)46-38/h7-12,29-30,38H,1-6,13-26H2,(H,41,52)(H,43,53)(H2,42,44,60)(H2,45,46,59)/t29?,30-,38?/m0/s1. The van der Waals surface area contributed by atoms with Crippen molar-refractivity contribution in [2.24, 2.45) is 0 Å². The minimum absolute atomic E-state index is 0.00736. The van der Waals surface area contributed by atoms with Gasteiger partial charge < -0.3 is 46.6 Å². The Balaban J connectivity index is 0.768. The van der Waals surface area contributed by atoms with Crippen molar-refractivity contribution in [3.05, 3.63) is 36.4 Å². The van der Waals surface area contributed by atoms with Crippen LogP contribution in [0.4, 0.5) is 16.2 Å². The van der Waals surface area contributed by atoms with Gasteiger partial charge in [0.2, 0.25) is 29.5 Å². The van der Waals surface area contributed by atoms with Crippen molar-refractivity contribution in [1.82, 2.24) is 45.8 Å². The molecule has 5 aliphatic heterocycles. The molecule has 5 aliphatic rings. The maximum Gasteiger partial charge on any atom is 0.315 e. The number of benzene rings is 1. The van der Waals surface area contributed by atoms with E-state index >= 15 is 0 Å². The molecule has 0 bridgehead atoms. The summed E-state index contributed by atoms with van der Waals surface area (Å²) in [4.78, 5) is 106. The Bertz CT molecular complexity index is 1830. The molecule has 5 heterocycles. The molecule has 4 saturated heterocycles. The van der Waals surface area contributed by atoms with Crippen LogP contribution in [0, 0.1) is 0 Å². The fourth-order valence-electron chi connectivity index (χ4n) is 7.84. The van der Waals surface area contributed by atoms with Crippen LogP contribution in [0.5, 0.6) is 0 Å². The molecule has 1 aromatic carbocycles. The monoisotopic (exact) mass is 881 g/mol. The molecule has 6 N–H and O–H groups in total. The minimum atomic E-state index is -0.395. The van der Waals surface area contributed by atoms with E-state index in [0.29, 0.717) is 99.9 Å². The summed E-state index contributed by atoms with van der Waals surface area (Å²) in [6, 6.07) is 7.47. The van der Waals surface area contributed by atoms with E-state index in [4.69, 9.17) is 12.2 Å². The average molecular weight is 882 g/mol. The second kappa shape index (κ2) is 22.0. The lowest BCUT2D eigenvalue weighted by Gasteiger charge is -2.36. The summed E-state index contributed by atoms with van der Waals surface area (Å²) in [5.41, 5.74) is 1.39. The summed E-state index contributed by atoms with van der Waals surface area (Å²) in [7, 11) is 0. The third kappa shape index (κ3) is 13.4. The van der Waals surface area contributed by atoms with Crippen LogP contribution in [0.15, 0.2) is 36.4 Å². The van der Waals surface area contributed by atoms with Crippen LogP contribution in [0.2, 0.25) is 0 Å². The summed E-state index contributed by atoms with van der Waals surface area (Å²) >= 11 is 7.28. The highest BCUT2D eigenvalue weighted by atomic mass is 32.2. The predicted molar refractivity (Wildman–Crippen MR) is 232 cm³/mol. The number of nitrogens with one attached hydrogen (secondary N) is 6. The first kappa shape index (κ1) is 45.3. The highest BCUT2D eigenvalue weighted by Crippen LogP contribution is 2.33. The van der Waals surface area contributed by atoms with Gasteiger partial charge in [0.1, 0.15) is 0 Å². The smallest absolute Gasteiger partial charge is 0.315 e. The van der Waals surface area contributed by atoms with Gasteiger partial charge in [0.15, 0.2) is 5.11 Å². The van der Waals surface area contributed by atoms with E-state index in [0.717, 1.165) is 29.9 Å². The number of carbonyl (C=O) groups is 8. The van der Waals surface area contributed by atoms with Crippen molar-refractivity contribution in [2.45, 2.75) is 62.3 Å². The molecule has 6 rings (SSSR count). The van der Waals surface area contributed by atoms with Crippen molar-refractivity contribution in [3.63, 3.8) is 0 Å². The molecular formula is C40H55N11O8S2. The number of anilines is 2. The Labute approximate surface area is 364 Å². The zero-order valence-electron chi connectivity index (χ0n) is 34.2. The van der Waals surface area contributed by atoms with Gasteiger partial charge in [0.05, 0.1) is 25.2 Å². The molecule has 19 nitrogen and oxygen atoms in total. The molecule has 0 aliphatic carbocycles. The number of imide groups is 1. The maximum atomic E-state index is 13.0. The quantitative estimate of drug-likeness (QED) is 0.0482. The highest BCUT2D eigenvalue weighted by Gasteiger charge is 2.42. The van der Waals surface area contributed by atoms with Crippen molar-refractivity contribution < 1.29 is 38.4 Å². The minimum Gasteiger partial charge on any atom is -0.353 e. The van der Waals surface area contributed by atoms with E-state index in [2.05, 4.69) is 36.8 Å². The average Bonchev–Trinajstić information content (AvgIpc) is 3.93. The first-order chi connectivity index (χ1) is 29.4. The van der Waals surface area contributed by atoms with Crippen LogP contribution in [-0.4, -0.2) is 179 Å². The van der Waals surface area contributed by atoms with Crippen LogP contribution in [-0.2, 0) is 33.6 Å². The Morgan fingerprint density at radius 2 is 1.23 bits per heavy atom. The van der Waals surface area contributed by atoms with Gasteiger partial charge in [-0.1, -0.05) is 6.42 Å². The second-order valence-corrected chi connectivity index (χ2v) is 17.3. The van der Waals surface area contributed by atoms with Gasteiger partial charge >= 0.3 is 6.03 Å². The lowest BCUT2D eigenvalue weighted by atomic mass is 10.0. The first-order valence-electron chi connectivity index (χ1n) is 20.9. The molecule has 3 atom stereocenters. The molecular weight excluding hydrogens is 827 g/mol. The summed E-state index contributed by atoms with van der Waals surface area (Å²) in [6.07, 6.45) is 6.17. The van der Waals surface area contributed by atoms with E-state index in [9.17, 15) is 38.4 Å². The highest BCUT2D eigenvalue weighted by molar-refractivity contribution is 8.00. The van der Waals surface area contributed by atoms with Gasteiger partial charge in [-0.25, -0.2) is 4.79 Å². The lowest BCUT2D eigenvalue weighted by molar-refractivity contribution is -0.140.